The summed E-state index contributed by atoms with van der Waals surface area (Å²) < 4.78 is 29.0. The van der Waals surface area contributed by atoms with Gasteiger partial charge in [-0.2, -0.15) is 11.8 Å². The van der Waals surface area contributed by atoms with Gasteiger partial charge in [-0.15, -0.1) is 0 Å². The lowest BCUT2D eigenvalue weighted by Crippen LogP contribution is -2.51. The average molecular weight is 1150 g/mol. The van der Waals surface area contributed by atoms with E-state index in [1.807, 2.05) is 55.1 Å². The lowest BCUT2D eigenvalue weighted by molar-refractivity contribution is -0.139. The SMILES string of the molecule is COc1ccc(C2=CN3C(=O)c4cc(OC)c(OCCCOc5cc6c(cc5OC)C(=O)N5C=C(c7ccc(NC(=O)CNC(=O)C(NC(=O)CCCCCN8C(=O)CC(CCSC)C8=O)C(C)C)cc7)CC5C=N6)cc4N=C[C@@H]3C2)cc1. The molecule has 5 heterocycles. The maximum Gasteiger partial charge on any atom is 0.260 e. The van der Waals surface area contributed by atoms with Gasteiger partial charge in [0.1, 0.15) is 11.8 Å². The van der Waals surface area contributed by atoms with Crippen molar-refractivity contribution in [2.24, 2.45) is 21.8 Å². The van der Waals surface area contributed by atoms with Crippen LogP contribution < -0.4 is 39.6 Å². The number of carbonyl (C=O) groups is 7. The van der Waals surface area contributed by atoms with E-state index in [1.165, 1.54) is 19.1 Å². The van der Waals surface area contributed by atoms with Gasteiger partial charge < -0.3 is 49.4 Å². The van der Waals surface area contributed by atoms with E-state index in [4.69, 9.17) is 33.7 Å². The number of ether oxygens (including phenoxy) is 5. The monoisotopic (exact) mass is 1150 g/mol. The van der Waals surface area contributed by atoms with Gasteiger partial charge in [-0.25, -0.2) is 0 Å². The zero-order chi connectivity index (χ0) is 58.7. The molecule has 20 nitrogen and oxygen atoms in total. The highest BCUT2D eigenvalue weighted by molar-refractivity contribution is 7.98. The number of hydrogen-bond donors (Lipinski definition) is 3. The number of nitrogens with one attached hydrogen (secondary N) is 3. The number of rotatable bonds is 26. The van der Waals surface area contributed by atoms with Crippen molar-refractivity contribution in [1.29, 1.82) is 0 Å². The van der Waals surface area contributed by atoms with Crippen LogP contribution in [0, 0.1) is 11.8 Å². The summed E-state index contributed by atoms with van der Waals surface area (Å²) >= 11 is 1.65. The Balaban J connectivity index is 0.716. The molecule has 0 aliphatic carbocycles. The van der Waals surface area contributed by atoms with E-state index in [2.05, 4.69) is 16.0 Å². The summed E-state index contributed by atoms with van der Waals surface area (Å²) in [5.41, 5.74) is 5.97. The number of carbonyl (C=O) groups excluding carboxylic acids is 7. The second-order valence-corrected chi connectivity index (χ2v) is 22.1. The summed E-state index contributed by atoms with van der Waals surface area (Å²) in [4.78, 5) is 106. The van der Waals surface area contributed by atoms with E-state index < -0.39 is 17.9 Å². The number of imide groups is 1. The molecule has 0 spiro atoms. The van der Waals surface area contributed by atoms with E-state index in [-0.39, 0.29) is 86.1 Å². The fraction of sp³-hybridized carbons (Fsp3) is 0.403. The molecular weight excluding hydrogens is 1080 g/mol. The highest BCUT2D eigenvalue weighted by Gasteiger charge is 2.38. The molecule has 0 saturated carbocycles. The van der Waals surface area contributed by atoms with Crippen molar-refractivity contribution < 1.29 is 57.2 Å². The number of fused-ring (bicyclic) bond motifs is 4. The zero-order valence-corrected chi connectivity index (χ0v) is 48.4. The molecule has 436 valence electrons. The van der Waals surface area contributed by atoms with Gasteiger partial charge in [0.2, 0.25) is 29.5 Å². The van der Waals surface area contributed by atoms with E-state index in [0.29, 0.717) is 103 Å². The van der Waals surface area contributed by atoms with Crippen LogP contribution in [0.15, 0.2) is 95.2 Å². The minimum absolute atomic E-state index is 0.102. The van der Waals surface area contributed by atoms with Gasteiger partial charge in [0.05, 0.1) is 75.7 Å². The number of hydrogen-bond acceptors (Lipinski definition) is 15. The molecule has 7 amide bonds. The van der Waals surface area contributed by atoms with Crippen LogP contribution in [0.5, 0.6) is 28.7 Å². The van der Waals surface area contributed by atoms with Gasteiger partial charge in [0.25, 0.3) is 11.8 Å². The first-order valence-electron chi connectivity index (χ1n) is 28.0. The normalized spacial score (nSPS) is 18.1. The molecule has 21 heteroatoms. The predicted molar refractivity (Wildman–Crippen MR) is 317 cm³/mol. The molecule has 4 atom stereocenters. The van der Waals surface area contributed by atoms with Crippen molar-refractivity contribution in [1.82, 2.24) is 25.3 Å². The fourth-order valence-electron chi connectivity index (χ4n) is 10.6. The molecule has 4 aromatic carbocycles. The summed E-state index contributed by atoms with van der Waals surface area (Å²) in [6, 6.07) is 20.2. The number of benzene rings is 4. The van der Waals surface area contributed by atoms with Gasteiger partial charge >= 0.3 is 0 Å². The zero-order valence-electron chi connectivity index (χ0n) is 47.6. The van der Waals surface area contributed by atoms with Crippen molar-refractivity contribution in [2.75, 3.05) is 65.0 Å². The van der Waals surface area contributed by atoms with Crippen molar-refractivity contribution in [3.05, 3.63) is 107 Å². The third-order valence-electron chi connectivity index (χ3n) is 15.2. The highest BCUT2D eigenvalue weighted by atomic mass is 32.2. The van der Waals surface area contributed by atoms with E-state index >= 15 is 0 Å². The molecule has 1 saturated heterocycles. The summed E-state index contributed by atoms with van der Waals surface area (Å²) in [5.74, 6) is 0.818. The van der Waals surface area contributed by atoms with Crippen molar-refractivity contribution in [3.8, 4) is 28.7 Å². The minimum atomic E-state index is -0.852. The van der Waals surface area contributed by atoms with Crippen molar-refractivity contribution in [2.45, 2.75) is 89.8 Å². The summed E-state index contributed by atoms with van der Waals surface area (Å²) in [5, 5.41) is 8.24. The second-order valence-electron chi connectivity index (χ2n) is 21.2. The van der Waals surface area contributed by atoms with Crippen molar-refractivity contribution in [3.63, 3.8) is 0 Å². The second kappa shape index (κ2) is 27.1. The number of thioether (sulfide) groups is 1. The minimum Gasteiger partial charge on any atom is -0.497 e. The van der Waals surface area contributed by atoms with Crippen LogP contribution >= 0.6 is 11.8 Å². The van der Waals surface area contributed by atoms with Crippen LogP contribution in [0.4, 0.5) is 17.1 Å². The Hall–Kier alpha value is -8.46. The highest BCUT2D eigenvalue weighted by Crippen LogP contribution is 2.42. The molecule has 0 bridgehead atoms. The van der Waals surface area contributed by atoms with Crippen LogP contribution in [0.25, 0.3) is 11.1 Å². The van der Waals surface area contributed by atoms with Gasteiger partial charge in [-0.1, -0.05) is 44.5 Å². The maximum absolute atomic E-state index is 14.1. The molecule has 1 fully saturated rings. The number of anilines is 1. The van der Waals surface area contributed by atoms with Gasteiger partial charge in [-0.3, -0.25) is 48.4 Å². The number of aliphatic imine (C=N–C) groups is 2. The van der Waals surface area contributed by atoms with Gasteiger partial charge in [0, 0.05) is 87.2 Å². The van der Waals surface area contributed by atoms with E-state index in [9.17, 15) is 33.6 Å². The summed E-state index contributed by atoms with van der Waals surface area (Å²) in [6.07, 6.45) is 13.7. The summed E-state index contributed by atoms with van der Waals surface area (Å²) in [6.45, 7) is 4.14. The van der Waals surface area contributed by atoms with Gasteiger partial charge in [-0.05, 0) is 95.9 Å². The Bertz CT molecular complexity index is 3250. The maximum atomic E-state index is 14.1. The van der Waals surface area contributed by atoms with Crippen LogP contribution in [-0.4, -0.2) is 146 Å². The third-order valence-corrected chi connectivity index (χ3v) is 15.9. The lowest BCUT2D eigenvalue weighted by atomic mass is 10.0. The Morgan fingerprint density at radius 2 is 1.24 bits per heavy atom. The first kappa shape index (κ1) is 59.2. The van der Waals surface area contributed by atoms with Crippen LogP contribution in [0.3, 0.4) is 0 Å². The number of nitrogens with zero attached hydrogens (tertiary/aromatic N) is 5. The predicted octanol–water partition coefficient (Wildman–Crippen LogP) is 8.39. The molecule has 3 N–H and O–H groups in total. The Labute approximate surface area is 487 Å². The Morgan fingerprint density at radius 3 is 1.77 bits per heavy atom. The molecule has 5 aliphatic rings. The Morgan fingerprint density at radius 1 is 0.675 bits per heavy atom. The third kappa shape index (κ3) is 13.9. The molecule has 0 radical (unpaired) electrons. The van der Waals surface area contributed by atoms with Crippen molar-refractivity contribution >= 4 is 93.7 Å². The van der Waals surface area contributed by atoms with Crippen LogP contribution in [0.1, 0.15) is 103 Å². The molecule has 3 unspecified atom stereocenters. The Kier molecular flexibility index (Phi) is 19.3. The molecule has 4 aromatic rings. The molecule has 83 heavy (non-hydrogen) atoms. The first-order valence-corrected chi connectivity index (χ1v) is 29.4. The first-order chi connectivity index (χ1) is 40.2. The topological polar surface area (TPSA) is 236 Å². The number of amides is 7. The molecule has 9 rings (SSSR count). The number of methoxy groups -OCH3 is 3. The molecule has 5 aliphatic heterocycles. The number of unbranched alkanes of at least 4 members (excludes halogenated alkanes) is 2. The molecular formula is C62H70N8O12S. The quantitative estimate of drug-likeness (QED) is 0.0396. The fourth-order valence-corrected chi connectivity index (χ4v) is 11.1. The smallest absolute Gasteiger partial charge is 0.260 e. The lowest BCUT2D eigenvalue weighted by Gasteiger charge is -2.21. The van der Waals surface area contributed by atoms with E-state index in [1.54, 1.807) is 91.3 Å². The molecule has 0 aromatic heterocycles. The summed E-state index contributed by atoms with van der Waals surface area (Å²) in [7, 11) is 4.65. The van der Waals surface area contributed by atoms with Crippen LogP contribution in [0.2, 0.25) is 0 Å². The van der Waals surface area contributed by atoms with Gasteiger partial charge in [0.15, 0.2) is 23.0 Å². The standard InChI is InChI=1S/C62H70N8O12S/c1-37(2)58(67-55(71)11-8-7-9-21-68-57(73)27-40(60(68)75)20-24-83-6)59(74)65-34-56(72)66-43-16-12-38(13-17-43)41-25-44-32-63-49-30-53(51(79-4)28-47(49)61(76)69(44)35-41)81-22-10-23-82-54-31-50-48(29-52(54)80-5)62(77)70-36-42(26-45(70)33-64-50)39-14-18-46(78-3)19-15-39/h12-19,28-33,35-37,40,44-45,58H,7-11,20-27,34H2,1-6H3,(H,65,74)(H,66,72)(H,67,71)/t40?,44?,45-,58?/m0/s1. The largest absolute Gasteiger partial charge is 0.497 e. The number of likely N-dealkylation sites (tertiary alicyclic amines) is 1. The average Bonchev–Trinajstić information content (AvgIpc) is 4.06. The van der Waals surface area contributed by atoms with Crippen LogP contribution in [-0.2, 0) is 24.0 Å². The van der Waals surface area contributed by atoms with E-state index in [0.717, 1.165) is 33.8 Å².